The van der Waals surface area contributed by atoms with Crippen LogP contribution >= 0.6 is 0 Å². The molecule has 1 N–H and O–H groups in total. The van der Waals surface area contributed by atoms with Crippen molar-refractivity contribution in [2.45, 2.75) is 13.0 Å². The molecule has 3 fully saturated rings. The monoisotopic (exact) mass is 389 g/mol. The quantitative estimate of drug-likeness (QED) is 0.783. The van der Waals surface area contributed by atoms with Gasteiger partial charge in [-0.1, -0.05) is 6.07 Å². The summed E-state index contributed by atoms with van der Waals surface area (Å²) in [5.74, 6) is 2.92. The van der Waals surface area contributed by atoms with Gasteiger partial charge in [-0.15, -0.1) is 0 Å². The van der Waals surface area contributed by atoms with E-state index >= 15 is 0 Å². The van der Waals surface area contributed by atoms with Crippen LogP contribution in [0, 0.1) is 11.8 Å². The Morgan fingerprint density at radius 3 is 2.82 bits per heavy atom. The van der Waals surface area contributed by atoms with E-state index in [1.807, 2.05) is 12.1 Å². The predicted octanol–water partition coefficient (Wildman–Crippen LogP) is 0.974. The van der Waals surface area contributed by atoms with Gasteiger partial charge in [0.15, 0.2) is 18.1 Å². The van der Waals surface area contributed by atoms with E-state index in [0.717, 1.165) is 38.0 Å². The zero-order chi connectivity index (χ0) is 19.3. The predicted molar refractivity (Wildman–Crippen MR) is 106 cm³/mol. The highest BCUT2D eigenvalue weighted by Gasteiger charge is 2.32. The number of benzene rings is 1. The molecule has 0 unspecified atom stereocenters. The third-order valence-electron chi connectivity index (χ3n) is 6.14. The maximum absolute atomic E-state index is 12.3. The van der Waals surface area contributed by atoms with Gasteiger partial charge in [0.25, 0.3) is 5.91 Å². The number of nitrogens with one attached hydrogen (secondary N) is 1. The Balaban J connectivity index is 1.32. The van der Waals surface area contributed by atoms with Crippen LogP contribution in [0.3, 0.4) is 0 Å². The third-order valence-corrected chi connectivity index (χ3v) is 6.14. The number of fused-ring (bicyclic) bond motifs is 1. The van der Waals surface area contributed by atoms with Crippen LogP contribution in [0.2, 0.25) is 0 Å². The first-order valence-electron chi connectivity index (χ1n) is 10.3. The molecule has 154 valence electrons. The second kappa shape index (κ2) is 9.11. The summed E-state index contributed by atoms with van der Waals surface area (Å²) in [6, 6.07) is 6.04. The Morgan fingerprint density at radius 1 is 1.18 bits per heavy atom. The van der Waals surface area contributed by atoms with E-state index in [2.05, 4.69) is 16.3 Å². The Bertz CT molecular complexity index is 678. The van der Waals surface area contributed by atoms with Crippen LogP contribution in [0.4, 0.5) is 0 Å². The van der Waals surface area contributed by atoms with Gasteiger partial charge in [0.05, 0.1) is 20.3 Å². The lowest BCUT2D eigenvalue weighted by Crippen LogP contribution is -2.43. The molecular weight excluding hydrogens is 358 g/mol. The average molecular weight is 389 g/mol. The minimum atomic E-state index is -0.0116. The lowest BCUT2D eigenvalue weighted by Gasteiger charge is -2.34. The Hall–Kier alpha value is -1.83. The maximum atomic E-state index is 12.3. The van der Waals surface area contributed by atoms with Crippen molar-refractivity contribution in [1.29, 1.82) is 0 Å². The van der Waals surface area contributed by atoms with E-state index in [0.29, 0.717) is 37.8 Å². The van der Waals surface area contributed by atoms with Crippen molar-refractivity contribution >= 4 is 5.91 Å². The molecule has 1 amide bonds. The van der Waals surface area contributed by atoms with Crippen molar-refractivity contribution < 1.29 is 19.0 Å². The molecule has 0 radical (unpaired) electrons. The van der Waals surface area contributed by atoms with Crippen molar-refractivity contribution in [2.24, 2.45) is 11.8 Å². The van der Waals surface area contributed by atoms with Crippen LogP contribution in [-0.4, -0.2) is 81.9 Å². The molecule has 28 heavy (non-hydrogen) atoms. The molecule has 7 nitrogen and oxygen atoms in total. The van der Waals surface area contributed by atoms with Crippen LogP contribution in [0.5, 0.6) is 11.5 Å². The van der Waals surface area contributed by atoms with E-state index in [4.69, 9.17) is 14.2 Å². The Kier molecular flexibility index (Phi) is 6.34. The van der Waals surface area contributed by atoms with Gasteiger partial charge in [-0.25, -0.2) is 0 Å². The number of carbonyl (C=O) groups excluding carboxylic acids is 1. The fourth-order valence-electron chi connectivity index (χ4n) is 4.49. The number of hydrogen-bond donors (Lipinski definition) is 1. The van der Waals surface area contributed by atoms with Crippen LogP contribution in [-0.2, 0) is 16.1 Å². The topological polar surface area (TPSA) is 63.3 Å². The van der Waals surface area contributed by atoms with Crippen molar-refractivity contribution in [3.05, 3.63) is 23.8 Å². The first kappa shape index (κ1) is 19.5. The van der Waals surface area contributed by atoms with Crippen LogP contribution in [0.1, 0.15) is 12.0 Å². The van der Waals surface area contributed by atoms with Crippen molar-refractivity contribution in [2.75, 3.05) is 66.2 Å². The van der Waals surface area contributed by atoms with E-state index < -0.39 is 0 Å². The largest absolute Gasteiger partial charge is 0.493 e. The van der Waals surface area contributed by atoms with Crippen molar-refractivity contribution in [3.63, 3.8) is 0 Å². The van der Waals surface area contributed by atoms with E-state index in [-0.39, 0.29) is 12.5 Å². The van der Waals surface area contributed by atoms with Gasteiger partial charge in [-0.3, -0.25) is 9.69 Å². The lowest BCUT2D eigenvalue weighted by molar-refractivity contribution is -0.137. The summed E-state index contributed by atoms with van der Waals surface area (Å²) in [6.45, 7) is 8.04. The maximum Gasteiger partial charge on any atom is 0.260 e. The number of ether oxygens (including phenoxy) is 3. The first-order valence-corrected chi connectivity index (χ1v) is 10.3. The SMILES string of the molecule is COc1cc(CN2CC[C@@H]3CNC[C@@H]3C2)ccc1OCC(=O)N1CCOCC1. The molecule has 3 heterocycles. The molecule has 0 saturated carbocycles. The number of piperidine rings is 1. The summed E-state index contributed by atoms with van der Waals surface area (Å²) in [5.41, 5.74) is 1.22. The minimum Gasteiger partial charge on any atom is -0.493 e. The molecule has 4 rings (SSSR count). The zero-order valence-corrected chi connectivity index (χ0v) is 16.7. The fraction of sp³-hybridized carbons (Fsp3) is 0.667. The summed E-state index contributed by atoms with van der Waals surface area (Å²) in [4.78, 5) is 16.6. The fourth-order valence-corrected chi connectivity index (χ4v) is 4.49. The zero-order valence-electron chi connectivity index (χ0n) is 16.7. The summed E-state index contributed by atoms with van der Waals surface area (Å²) < 4.78 is 16.6. The Labute approximate surface area is 166 Å². The molecule has 0 bridgehead atoms. The van der Waals surface area contributed by atoms with Crippen molar-refractivity contribution in [3.8, 4) is 11.5 Å². The smallest absolute Gasteiger partial charge is 0.260 e. The van der Waals surface area contributed by atoms with Gasteiger partial charge in [0.2, 0.25) is 0 Å². The normalized spacial score (nSPS) is 25.4. The second-order valence-electron chi connectivity index (χ2n) is 7.97. The molecule has 2 atom stereocenters. The highest BCUT2D eigenvalue weighted by atomic mass is 16.5. The average Bonchev–Trinajstić information content (AvgIpc) is 3.21. The second-order valence-corrected chi connectivity index (χ2v) is 7.97. The number of carbonyl (C=O) groups is 1. The standard InChI is InChI=1S/C21H31N3O4/c1-26-20-10-16(13-23-5-4-17-11-22-12-18(17)14-23)2-3-19(20)28-15-21(25)24-6-8-27-9-7-24/h2-3,10,17-18,22H,4-9,11-15H2,1H3/t17-,18-/m1/s1. The molecule has 0 spiro atoms. The number of rotatable bonds is 6. The summed E-state index contributed by atoms with van der Waals surface area (Å²) >= 11 is 0. The van der Waals surface area contributed by atoms with Crippen LogP contribution in [0.15, 0.2) is 18.2 Å². The number of nitrogens with zero attached hydrogens (tertiary/aromatic N) is 2. The number of methoxy groups -OCH3 is 1. The van der Waals surface area contributed by atoms with Crippen LogP contribution in [0.25, 0.3) is 0 Å². The Morgan fingerprint density at radius 2 is 2.00 bits per heavy atom. The molecule has 3 saturated heterocycles. The van der Waals surface area contributed by atoms with Gasteiger partial charge in [-0.2, -0.15) is 0 Å². The third kappa shape index (κ3) is 4.59. The highest BCUT2D eigenvalue weighted by molar-refractivity contribution is 5.78. The van der Waals surface area contributed by atoms with Gasteiger partial charge < -0.3 is 24.4 Å². The number of amides is 1. The molecular formula is C21H31N3O4. The molecule has 0 aromatic heterocycles. The van der Waals surface area contributed by atoms with Gasteiger partial charge >= 0.3 is 0 Å². The summed E-state index contributed by atoms with van der Waals surface area (Å²) in [6.07, 6.45) is 1.28. The number of morpholine rings is 1. The first-order chi connectivity index (χ1) is 13.7. The molecule has 3 aliphatic rings. The minimum absolute atomic E-state index is 0.0116. The summed E-state index contributed by atoms with van der Waals surface area (Å²) in [5, 5.41) is 3.52. The molecule has 1 aromatic rings. The van der Waals surface area contributed by atoms with Gasteiger partial charge in [-0.05, 0) is 55.6 Å². The lowest BCUT2D eigenvalue weighted by atomic mass is 9.88. The number of hydrogen-bond acceptors (Lipinski definition) is 6. The number of likely N-dealkylation sites (tertiary alicyclic amines) is 1. The van der Waals surface area contributed by atoms with E-state index in [9.17, 15) is 4.79 Å². The van der Waals surface area contributed by atoms with Gasteiger partial charge in [0, 0.05) is 26.2 Å². The highest BCUT2D eigenvalue weighted by Crippen LogP contribution is 2.31. The molecule has 3 aliphatic heterocycles. The molecule has 7 heteroatoms. The van der Waals surface area contributed by atoms with E-state index in [1.54, 1.807) is 12.0 Å². The van der Waals surface area contributed by atoms with Crippen molar-refractivity contribution in [1.82, 2.24) is 15.1 Å². The van der Waals surface area contributed by atoms with Crippen LogP contribution < -0.4 is 14.8 Å². The molecule has 1 aromatic carbocycles. The van der Waals surface area contributed by atoms with E-state index in [1.165, 1.54) is 18.5 Å². The van der Waals surface area contributed by atoms with Gasteiger partial charge in [0.1, 0.15) is 0 Å². The molecule has 0 aliphatic carbocycles. The summed E-state index contributed by atoms with van der Waals surface area (Å²) in [7, 11) is 1.64.